The number of rotatable bonds is 2. The smallest absolute Gasteiger partial charge is 0.331 e. The SMILES string of the molecule is C#Cc1cc(=O)[nH]c(=O)n1C1O[C@H](CO)[C@@H](O)[C@H]1O. The molecule has 1 saturated heterocycles. The molecular formula is C11H12N2O6. The quantitative estimate of drug-likeness (QED) is 0.427. The molecule has 4 N–H and O–H groups in total. The standard InChI is InChI=1S/C11H12N2O6/c1-2-5-3-7(15)12-11(18)13(5)10-9(17)8(16)6(4-14)19-10/h1,3,6,8-10,14,16-17H,4H2,(H,12,15,18)/t6-,8-,9-,10?/m1/s1. The van der Waals surface area contributed by atoms with Crippen LogP contribution in [0.15, 0.2) is 15.7 Å². The average Bonchev–Trinajstić information content (AvgIpc) is 2.65. The third-order valence-corrected chi connectivity index (χ3v) is 2.90. The molecule has 1 aliphatic heterocycles. The van der Waals surface area contributed by atoms with E-state index < -0.39 is 42.4 Å². The summed E-state index contributed by atoms with van der Waals surface area (Å²) in [6, 6.07) is 0.996. The minimum Gasteiger partial charge on any atom is -0.394 e. The largest absolute Gasteiger partial charge is 0.394 e. The highest BCUT2D eigenvalue weighted by Gasteiger charge is 2.44. The molecule has 8 heteroatoms. The zero-order chi connectivity index (χ0) is 14.2. The van der Waals surface area contributed by atoms with Crippen LogP contribution in [-0.4, -0.2) is 49.8 Å². The Morgan fingerprint density at radius 1 is 1.42 bits per heavy atom. The third-order valence-electron chi connectivity index (χ3n) is 2.90. The first-order valence-corrected chi connectivity index (χ1v) is 5.44. The summed E-state index contributed by atoms with van der Waals surface area (Å²) < 4.78 is 6.03. The van der Waals surface area contributed by atoms with Gasteiger partial charge in [0.25, 0.3) is 5.56 Å². The first kappa shape index (κ1) is 13.5. The monoisotopic (exact) mass is 268 g/mol. The van der Waals surface area contributed by atoms with Crippen LogP contribution >= 0.6 is 0 Å². The highest BCUT2D eigenvalue weighted by molar-refractivity contribution is 5.24. The molecule has 102 valence electrons. The molecule has 0 aliphatic carbocycles. The Bertz CT molecular complexity index is 627. The van der Waals surface area contributed by atoms with Gasteiger partial charge in [-0.3, -0.25) is 14.3 Å². The van der Waals surface area contributed by atoms with Crippen LogP contribution in [0.1, 0.15) is 11.9 Å². The van der Waals surface area contributed by atoms with E-state index in [1.165, 1.54) is 0 Å². The van der Waals surface area contributed by atoms with Gasteiger partial charge in [-0.1, -0.05) is 5.92 Å². The summed E-state index contributed by atoms with van der Waals surface area (Å²) in [5.74, 6) is 2.13. The first-order chi connectivity index (χ1) is 8.99. The van der Waals surface area contributed by atoms with Crippen molar-refractivity contribution >= 4 is 0 Å². The Labute approximate surface area is 106 Å². The molecule has 2 rings (SSSR count). The molecular weight excluding hydrogens is 256 g/mol. The molecule has 0 radical (unpaired) electrons. The maximum Gasteiger partial charge on any atom is 0.331 e. The maximum absolute atomic E-state index is 11.7. The summed E-state index contributed by atoms with van der Waals surface area (Å²) in [4.78, 5) is 24.9. The number of nitrogens with zero attached hydrogens (tertiary/aromatic N) is 1. The Kier molecular flexibility index (Phi) is 3.55. The van der Waals surface area contributed by atoms with E-state index in [2.05, 4.69) is 5.92 Å². The van der Waals surface area contributed by atoms with E-state index >= 15 is 0 Å². The Balaban J connectivity index is 2.52. The van der Waals surface area contributed by atoms with Gasteiger partial charge in [-0.05, 0) is 0 Å². The number of terminal acetylenes is 1. The maximum atomic E-state index is 11.7. The molecule has 1 unspecified atom stereocenters. The van der Waals surface area contributed by atoms with Gasteiger partial charge in [-0.2, -0.15) is 0 Å². The van der Waals surface area contributed by atoms with Crippen molar-refractivity contribution in [3.63, 3.8) is 0 Å². The molecule has 0 amide bonds. The number of ether oxygens (including phenoxy) is 1. The molecule has 1 aliphatic rings. The predicted octanol–water partition coefficient (Wildman–Crippen LogP) is -2.87. The van der Waals surface area contributed by atoms with Crippen molar-refractivity contribution in [2.45, 2.75) is 24.5 Å². The molecule has 0 aromatic carbocycles. The number of aromatic amines is 1. The lowest BCUT2D eigenvalue weighted by atomic mass is 10.1. The van der Waals surface area contributed by atoms with Crippen molar-refractivity contribution in [2.24, 2.45) is 0 Å². The minimum atomic E-state index is -1.45. The zero-order valence-electron chi connectivity index (χ0n) is 9.68. The molecule has 8 nitrogen and oxygen atoms in total. The Hall–Kier alpha value is -1.92. The second-order valence-corrected chi connectivity index (χ2v) is 4.07. The van der Waals surface area contributed by atoms with Crippen LogP contribution in [0.4, 0.5) is 0 Å². The number of H-pyrrole nitrogens is 1. The van der Waals surface area contributed by atoms with Gasteiger partial charge in [0.05, 0.1) is 6.61 Å². The van der Waals surface area contributed by atoms with Gasteiger partial charge in [0.1, 0.15) is 24.0 Å². The van der Waals surface area contributed by atoms with Crippen LogP contribution in [0.2, 0.25) is 0 Å². The number of hydrogen-bond acceptors (Lipinski definition) is 6. The van der Waals surface area contributed by atoms with Crippen molar-refractivity contribution in [3.8, 4) is 12.3 Å². The third kappa shape index (κ3) is 2.20. The lowest BCUT2D eigenvalue weighted by Gasteiger charge is -2.18. The van der Waals surface area contributed by atoms with Crippen LogP contribution in [0.5, 0.6) is 0 Å². The highest BCUT2D eigenvalue weighted by Crippen LogP contribution is 2.28. The number of hydrogen-bond donors (Lipinski definition) is 4. The lowest BCUT2D eigenvalue weighted by molar-refractivity contribution is -0.0553. The van der Waals surface area contributed by atoms with Crippen LogP contribution < -0.4 is 11.2 Å². The first-order valence-electron chi connectivity index (χ1n) is 5.44. The van der Waals surface area contributed by atoms with E-state index in [-0.39, 0.29) is 5.69 Å². The van der Waals surface area contributed by atoms with Gasteiger partial charge in [0.2, 0.25) is 0 Å². The summed E-state index contributed by atoms with van der Waals surface area (Å²) in [7, 11) is 0. The fourth-order valence-electron chi connectivity index (χ4n) is 1.96. The van der Waals surface area contributed by atoms with E-state index in [9.17, 15) is 19.8 Å². The fraction of sp³-hybridized carbons (Fsp3) is 0.455. The topological polar surface area (TPSA) is 125 Å². The van der Waals surface area contributed by atoms with Crippen molar-refractivity contribution in [1.29, 1.82) is 0 Å². The molecule has 0 saturated carbocycles. The number of aliphatic hydroxyl groups is 3. The van der Waals surface area contributed by atoms with Crippen LogP contribution in [0.25, 0.3) is 0 Å². The van der Waals surface area contributed by atoms with E-state index in [1.807, 2.05) is 4.98 Å². The summed E-state index contributed by atoms with van der Waals surface area (Å²) in [6.07, 6.45) is 0.0661. The average molecular weight is 268 g/mol. The fourth-order valence-corrected chi connectivity index (χ4v) is 1.96. The second-order valence-electron chi connectivity index (χ2n) is 4.07. The van der Waals surface area contributed by atoms with Crippen LogP contribution in [0.3, 0.4) is 0 Å². The normalized spacial score (nSPS) is 30.2. The van der Waals surface area contributed by atoms with Crippen molar-refractivity contribution in [1.82, 2.24) is 9.55 Å². The highest BCUT2D eigenvalue weighted by atomic mass is 16.6. The van der Waals surface area contributed by atoms with Crippen molar-refractivity contribution in [3.05, 3.63) is 32.6 Å². The molecule has 0 spiro atoms. The lowest BCUT2D eigenvalue weighted by Crippen LogP contribution is -2.39. The molecule has 19 heavy (non-hydrogen) atoms. The Morgan fingerprint density at radius 3 is 2.63 bits per heavy atom. The summed E-state index contributed by atoms with van der Waals surface area (Å²) in [5, 5.41) is 28.4. The van der Waals surface area contributed by atoms with E-state index in [0.29, 0.717) is 0 Å². The molecule has 1 aromatic rings. The molecule has 1 aromatic heterocycles. The van der Waals surface area contributed by atoms with Crippen molar-refractivity contribution in [2.75, 3.05) is 6.61 Å². The number of aliphatic hydroxyl groups excluding tert-OH is 3. The van der Waals surface area contributed by atoms with Crippen LogP contribution in [-0.2, 0) is 4.74 Å². The molecule has 4 atom stereocenters. The minimum absolute atomic E-state index is 0.0939. The molecule has 1 fully saturated rings. The van der Waals surface area contributed by atoms with Gasteiger partial charge in [-0.15, -0.1) is 6.42 Å². The van der Waals surface area contributed by atoms with Gasteiger partial charge in [0, 0.05) is 6.07 Å². The number of nitrogens with one attached hydrogen (secondary N) is 1. The summed E-state index contributed by atoms with van der Waals surface area (Å²) >= 11 is 0. The van der Waals surface area contributed by atoms with E-state index in [0.717, 1.165) is 10.6 Å². The zero-order valence-corrected chi connectivity index (χ0v) is 9.68. The second kappa shape index (κ2) is 4.99. The van der Waals surface area contributed by atoms with Gasteiger partial charge < -0.3 is 20.1 Å². The molecule has 0 bridgehead atoms. The molecule has 2 heterocycles. The van der Waals surface area contributed by atoms with Gasteiger partial charge in [0.15, 0.2) is 6.23 Å². The summed E-state index contributed by atoms with van der Waals surface area (Å²) in [5.41, 5.74) is -1.64. The van der Waals surface area contributed by atoms with Crippen LogP contribution in [0, 0.1) is 12.3 Å². The van der Waals surface area contributed by atoms with E-state index in [4.69, 9.17) is 16.3 Å². The van der Waals surface area contributed by atoms with Gasteiger partial charge >= 0.3 is 5.69 Å². The Morgan fingerprint density at radius 2 is 2.11 bits per heavy atom. The summed E-state index contributed by atoms with van der Waals surface area (Å²) in [6.45, 7) is -0.530. The number of aromatic nitrogens is 2. The predicted molar refractivity (Wildman–Crippen MR) is 62.3 cm³/mol. The van der Waals surface area contributed by atoms with Gasteiger partial charge in [-0.25, -0.2) is 4.79 Å². The van der Waals surface area contributed by atoms with Crippen molar-refractivity contribution < 1.29 is 20.1 Å². The van der Waals surface area contributed by atoms with E-state index in [1.54, 1.807) is 0 Å².